The van der Waals surface area contributed by atoms with E-state index in [1.54, 1.807) is 6.08 Å². The van der Waals surface area contributed by atoms with E-state index in [9.17, 15) is 4.39 Å². The third-order valence-corrected chi connectivity index (χ3v) is 4.71. The standard InChI is InChI=1S/C21H26O3.C2H6.CH3F/c1-4-13-22-18-9-5-16(6-10-18)21(2,3)17-7-11-19(12-8-17)23-14-20-15-24-20;2*1-2/h4-5,7-9,11-12,20H,1,6,10,13-15H2,2-3H3;1-2H3;1H3. The molecule has 2 aliphatic rings. The van der Waals surface area contributed by atoms with Gasteiger partial charge in [-0.3, -0.25) is 4.39 Å². The molecule has 1 heterocycles. The molecular weight excluding hydrogens is 355 g/mol. The molecule has 1 atom stereocenters. The highest BCUT2D eigenvalue weighted by Gasteiger charge is 2.27. The highest BCUT2D eigenvalue weighted by atomic mass is 19.1. The third kappa shape index (κ3) is 7.16. The molecule has 156 valence electrons. The van der Waals surface area contributed by atoms with Gasteiger partial charge >= 0.3 is 0 Å². The summed E-state index contributed by atoms with van der Waals surface area (Å²) < 4.78 is 26.0. The van der Waals surface area contributed by atoms with Crippen molar-refractivity contribution in [2.24, 2.45) is 0 Å². The lowest BCUT2D eigenvalue weighted by atomic mass is 9.74. The minimum absolute atomic E-state index is 0.00139. The molecule has 4 heteroatoms. The number of hydrogen-bond donors (Lipinski definition) is 0. The van der Waals surface area contributed by atoms with E-state index >= 15 is 0 Å². The summed E-state index contributed by atoms with van der Waals surface area (Å²) in [4.78, 5) is 0. The molecule has 1 aliphatic heterocycles. The first-order chi connectivity index (χ1) is 13.6. The molecule has 1 fully saturated rings. The van der Waals surface area contributed by atoms with Gasteiger partial charge in [-0.15, -0.1) is 0 Å². The highest BCUT2D eigenvalue weighted by molar-refractivity contribution is 5.40. The number of allylic oxidation sites excluding steroid dienone is 4. The van der Waals surface area contributed by atoms with E-state index in [4.69, 9.17) is 14.2 Å². The minimum atomic E-state index is -0.00139. The van der Waals surface area contributed by atoms with Gasteiger partial charge in [0.25, 0.3) is 0 Å². The average Bonchev–Trinajstić information content (AvgIpc) is 3.59. The zero-order valence-corrected chi connectivity index (χ0v) is 18.0. The van der Waals surface area contributed by atoms with Crippen LogP contribution in [0.5, 0.6) is 5.75 Å². The molecular formula is C24H35FO3. The summed E-state index contributed by atoms with van der Waals surface area (Å²) in [6.07, 6.45) is 8.34. The average molecular weight is 391 g/mol. The lowest BCUT2D eigenvalue weighted by Gasteiger charge is -2.31. The summed E-state index contributed by atoms with van der Waals surface area (Å²) in [6, 6.07) is 8.43. The quantitative estimate of drug-likeness (QED) is 0.393. The summed E-state index contributed by atoms with van der Waals surface area (Å²) in [6.45, 7) is 14.3. The van der Waals surface area contributed by atoms with E-state index in [0.29, 0.717) is 20.4 Å². The topological polar surface area (TPSA) is 31.0 Å². The molecule has 1 saturated heterocycles. The second-order valence-corrected chi connectivity index (χ2v) is 6.84. The minimum Gasteiger partial charge on any atom is -0.494 e. The van der Waals surface area contributed by atoms with Gasteiger partial charge in [0, 0.05) is 11.8 Å². The number of hydrogen-bond acceptors (Lipinski definition) is 3. The number of halogens is 1. The molecule has 0 radical (unpaired) electrons. The zero-order valence-electron chi connectivity index (χ0n) is 18.0. The Morgan fingerprint density at radius 2 is 1.75 bits per heavy atom. The van der Waals surface area contributed by atoms with Crippen molar-refractivity contribution in [3.63, 3.8) is 0 Å². The molecule has 0 N–H and O–H groups in total. The lowest BCUT2D eigenvalue weighted by Crippen LogP contribution is -2.21. The third-order valence-electron chi connectivity index (χ3n) is 4.71. The van der Waals surface area contributed by atoms with Crippen LogP contribution in [0.2, 0.25) is 0 Å². The predicted octanol–water partition coefficient (Wildman–Crippen LogP) is 6.16. The molecule has 1 unspecified atom stereocenters. The molecule has 0 saturated carbocycles. The van der Waals surface area contributed by atoms with Crippen molar-refractivity contribution < 1.29 is 18.6 Å². The zero-order chi connectivity index (χ0) is 21.0. The smallest absolute Gasteiger partial charge is 0.119 e. The molecule has 3 rings (SSSR count). The second-order valence-electron chi connectivity index (χ2n) is 6.84. The van der Waals surface area contributed by atoms with Crippen molar-refractivity contribution in [2.75, 3.05) is 27.0 Å². The van der Waals surface area contributed by atoms with Crippen LogP contribution in [0.4, 0.5) is 4.39 Å². The van der Waals surface area contributed by atoms with E-state index in [2.05, 4.69) is 56.8 Å². The number of rotatable bonds is 8. The number of benzene rings is 1. The Hall–Kier alpha value is -2.07. The highest BCUT2D eigenvalue weighted by Crippen LogP contribution is 2.37. The number of ether oxygens (including phenoxy) is 3. The van der Waals surface area contributed by atoms with Crippen LogP contribution in [0.25, 0.3) is 0 Å². The Morgan fingerprint density at radius 3 is 2.25 bits per heavy atom. The summed E-state index contributed by atoms with van der Waals surface area (Å²) in [5.41, 5.74) is 2.72. The molecule has 0 aromatic heterocycles. The number of epoxide rings is 1. The van der Waals surface area contributed by atoms with Gasteiger partial charge in [-0.2, -0.15) is 0 Å². The second kappa shape index (κ2) is 12.4. The summed E-state index contributed by atoms with van der Waals surface area (Å²) >= 11 is 0. The van der Waals surface area contributed by atoms with Crippen LogP contribution < -0.4 is 4.74 Å². The Bertz CT molecular complexity index is 640. The molecule has 1 aliphatic carbocycles. The summed E-state index contributed by atoms with van der Waals surface area (Å²) in [7, 11) is 0.500. The van der Waals surface area contributed by atoms with Crippen molar-refractivity contribution in [2.45, 2.75) is 52.1 Å². The molecule has 1 aromatic carbocycles. The van der Waals surface area contributed by atoms with Crippen molar-refractivity contribution >= 4 is 0 Å². The molecule has 0 spiro atoms. The fraction of sp³-hybridized carbons (Fsp3) is 0.500. The maximum absolute atomic E-state index is 9.50. The van der Waals surface area contributed by atoms with Gasteiger partial charge in [0.15, 0.2) is 0 Å². The van der Waals surface area contributed by atoms with Crippen LogP contribution in [0, 0.1) is 0 Å². The fourth-order valence-electron chi connectivity index (χ4n) is 2.93. The predicted molar refractivity (Wildman–Crippen MR) is 115 cm³/mol. The van der Waals surface area contributed by atoms with E-state index in [-0.39, 0.29) is 11.5 Å². The van der Waals surface area contributed by atoms with Gasteiger partial charge in [-0.25, -0.2) is 0 Å². The molecule has 1 aromatic rings. The SMILES string of the molecule is C=CCOC1=CC=C(C(C)(C)c2ccc(OCC3CO3)cc2)CC1.CC.CF. The maximum Gasteiger partial charge on any atom is 0.119 e. The van der Waals surface area contributed by atoms with Crippen LogP contribution >= 0.6 is 0 Å². The Kier molecular flexibility index (Phi) is 10.6. The summed E-state index contributed by atoms with van der Waals surface area (Å²) in [5, 5.41) is 0. The van der Waals surface area contributed by atoms with Crippen molar-refractivity contribution in [1.82, 2.24) is 0 Å². The van der Waals surface area contributed by atoms with Gasteiger partial charge in [0.05, 0.1) is 19.5 Å². The molecule has 28 heavy (non-hydrogen) atoms. The van der Waals surface area contributed by atoms with E-state index in [1.165, 1.54) is 11.1 Å². The van der Waals surface area contributed by atoms with Crippen LogP contribution in [0.15, 0.2) is 60.4 Å². The van der Waals surface area contributed by atoms with Gasteiger partial charge < -0.3 is 14.2 Å². The lowest BCUT2D eigenvalue weighted by molar-refractivity contribution is 0.233. The van der Waals surface area contributed by atoms with Crippen molar-refractivity contribution in [3.8, 4) is 5.75 Å². The molecule has 3 nitrogen and oxygen atoms in total. The Morgan fingerprint density at radius 1 is 1.11 bits per heavy atom. The van der Waals surface area contributed by atoms with Crippen LogP contribution in [-0.2, 0) is 14.9 Å². The first kappa shape index (κ1) is 24.0. The maximum atomic E-state index is 9.50. The molecule has 0 amide bonds. The molecule has 0 bridgehead atoms. The van der Waals surface area contributed by atoms with Crippen LogP contribution in [0.1, 0.15) is 46.1 Å². The fourth-order valence-corrected chi connectivity index (χ4v) is 2.93. The first-order valence-electron chi connectivity index (χ1n) is 9.96. The van der Waals surface area contributed by atoms with E-state index in [0.717, 1.165) is 31.0 Å². The van der Waals surface area contributed by atoms with Crippen molar-refractivity contribution in [1.29, 1.82) is 0 Å². The van der Waals surface area contributed by atoms with Gasteiger partial charge in [0.1, 0.15) is 25.1 Å². The Labute approximate surface area is 169 Å². The normalized spacial score (nSPS) is 17.6. The number of alkyl halides is 1. The van der Waals surface area contributed by atoms with Crippen LogP contribution in [0.3, 0.4) is 0 Å². The Balaban J connectivity index is 0.000000921. The first-order valence-corrected chi connectivity index (χ1v) is 9.96. The largest absolute Gasteiger partial charge is 0.494 e. The van der Waals surface area contributed by atoms with Gasteiger partial charge in [0.2, 0.25) is 0 Å². The van der Waals surface area contributed by atoms with Crippen LogP contribution in [-0.4, -0.2) is 33.1 Å². The van der Waals surface area contributed by atoms with Crippen molar-refractivity contribution in [3.05, 3.63) is 66.0 Å². The van der Waals surface area contributed by atoms with E-state index in [1.807, 2.05) is 13.8 Å². The monoisotopic (exact) mass is 390 g/mol. The van der Waals surface area contributed by atoms with Gasteiger partial charge in [-0.05, 0) is 30.2 Å². The van der Waals surface area contributed by atoms with Gasteiger partial charge in [-0.1, -0.05) is 64.1 Å². The summed E-state index contributed by atoms with van der Waals surface area (Å²) in [5.74, 6) is 1.95. The van der Waals surface area contributed by atoms with E-state index < -0.39 is 0 Å².